The van der Waals surface area contributed by atoms with Crippen molar-refractivity contribution in [3.05, 3.63) is 29.3 Å². The van der Waals surface area contributed by atoms with Crippen LogP contribution in [0.1, 0.15) is 19.8 Å². The number of benzene rings is 1. The Labute approximate surface area is 132 Å². The lowest BCUT2D eigenvalue weighted by atomic mass is 9.84. The van der Waals surface area contributed by atoms with E-state index < -0.39 is 0 Å². The second kappa shape index (κ2) is 6.71. The molecule has 1 aliphatic rings. The number of nitrogens with zero attached hydrogens (tertiary/aromatic N) is 1. The topological polar surface area (TPSA) is 58.4 Å². The third-order valence-electron chi connectivity index (χ3n) is 4.04. The predicted molar refractivity (Wildman–Crippen MR) is 87.9 cm³/mol. The van der Waals surface area contributed by atoms with E-state index in [0.717, 1.165) is 18.5 Å². The molecule has 6 heteroatoms. The molecule has 2 radical (unpaired) electrons. The molecule has 1 aromatic carbocycles. The van der Waals surface area contributed by atoms with E-state index in [1.165, 1.54) is 0 Å². The number of nitrogens with two attached hydrogens (primary N) is 1. The number of carbonyl (C=O) groups is 1. The number of hydrogen-bond acceptors (Lipinski definition) is 2. The molecule has 0 aromatic heterocycles. The lowest BCUT2D eigenvalue weighted by Gasteiger charge is -2.25. The van der Waals surface area contributed by atoms with Crippen molar-refractivity contribution in [2.45, 2.75) is 31.6 Å². The number of carbonyl (C=O) groups excluding carboxylic acids is 1. The normalized spacial score (nSPS) is 25.1. The molecule has 2 amide bonds. The highest BCUT2D eigenvalue weighted by molar-refractivity contribution is 6.30. The first-order chi connectivity index (χ1) is 9.92. The maximum Gasteiger partial charge on any atom is 0.321 e. The summed E-state index contributed by atoms with van der Waals surface area (Å²) in [5, 5.41) is 3.52. The van der Waals surface area contributed by atoms with Crippen LogP contribution in [0.25, 0.3) is 0 Å². The monoisotopic (exact) mass is 305 g/mol. The smallest absolute Gasteiger partial charge is 0.321 e. The van der Waals surface area contributed by atoms with Gasteiger partial charge < -0.3 is 16.0 Å². The van der Waals surface area contributed by atoms with Crippen molar-refractivity contribution < 1.29 is 4.79 Å². The Morgan fingerprint density at radius 1 is 1.52 bits per heavy atom. The molecule has 0 spiro atoms. The van der Waals surface area contributed by atoms with Crippen LogP contribution in [0.2, 0.25) is 11.3 Å². The molecule has 0 unspecified atom stereocenters. The summed E-state index contributed by atoms with van der Waals surface area (Å²) in [6.07, 6.45) is 2.54. The lowest BCUT2D eigenvalue weighted by molar-refractivity contribution is 0.219. The van der Waals surface area contributed by atoms with E-state index in [1.54, 1.807) is 29.2 Å². The third-order valence-corrected chi connectivity index (χ3v) is 4.30. The largest absolute Gasteiger partial charge is 0.324 e. The van der Waals surface area contributed by atoms with Gasteiger partial charge >= 0.3 is 6.03 Å². The second-order valence-corrected chi connectivity index (χ2v) is 6.39. The Bertz CT molecular complexity index is 492. The molecule has 1 fully saturated rings. The van der Waals surface area contributed by atoms with Crippen molar-refractivity contribution in [2.24, 2.45) is 11.7 Å². The highest BCUT2D eigenvalue weighted by atomic mass is 35.5. The van der Waals surface area contributed by atoms with E-state index >= 15 is 0 Å². The van der Waals surface area contributed by atoms with Crippen LogP contribution in [0.3, 0.4) is 0 Å². The zero-order chi connectivity index (χ0) is 15.5. The summed E-state index contributed by atoms with van der Waals surface area (Å²) in [7, 11) is 5.56. The molecule has 0 aliphatic carbocycles. The van der Waals surface area contributed by atoms with Gasteiger partial charge in [-0.3, -0.25) is 0 Å². The van der Waals surface area contributed by atoms with Crippen molar-refractivity contribution in [1.29, 1.82) is 0 Å². The number of hydrogen-bond donors (Lipinski definition) is 2. The van der Waals surface area contributed by atoms with Gasteiger partial charge in [-0.05, 0) is 43.5 Å². The van der Waals surface area contributed by atoms with Crippen LogP contribution in [0.5, 0.6) is 0 Å². The van der Waals surface area contributed by atoms with Crippen molar-refractivity contribution >= 4 is 31.2 Å². The second-order valence-electron chi connectivity index (χ2n) is 5.95. The fourth-order valence-electron chi connectivity index (χ4n) is 2.76. The van der Waals surface area contributed by atoms with Crippen LogP contribution in [-0.2, 0) is 0 Å². The summed E-state index contributed by atoms with van der Waals surface area (Å²) in [6.45, 7) is 3.23. The van der Waals surface area contributed by atoms with Crippen LogP contribution < -0.4 is 11.1 Å². The lowest BCUT2D eigenvalue weighted by Crippen LogP contribution is -2.45. The molecule has 0 bridgehead atoms. The molecule has 2 atom stereocenters. The van der Waals surface area contributed by atoms with Crippen LogP contribution >= 0.6 is 11.6 Å². The predicted octanol–water partition coefficient (Wildman–Crippen LogP) is 2.89. The number of anilines is 1. The zero-order valence-electron chi connectivity index (χ0n) is 12.3. The summed E-state index contributed by atoms with van der Waals surface area (Å²) < 4.78 is 0. The summed E-state index contributed by atoms with van der Waals surface area (Å²) in [4.78, 5) is 14.1. The van der Waals surface area contributed by atoms with Gasteiger partial charge in [-0.25, -0.2) is 4.79 Å². The molecule has 21 heavy (non-hydrogen) atoms. The first kappa shape index (κ1) is 16.2. The highest BCUT2D eigenvalue weighted by Crippen LogP contribution is 2.29. The van der Waals surface area contributed by atoms with Crippen molar-refractivity contribution in [3.63, 3.8) is 0 Å². The van der Waals surface area contributed by atoms with Gasteiger partial charge in [0.05, 0.1) is 7.85 Å². The number of urea groups is 1. The van der Waals surface area contributed by atoms with Crippen molar-refractivity contribution in [2.75, 3.05) is 18.4 Å². The van der Waals surface area contributed by atoms with E-state index in [0.29, 0.717) is 24.4 Å². The first-order valence-corrected chi connectivity index (χ1v) is 7.60. The van der Waals surface area contributed by atoms with Crippen LogP contribution in [0, 0.1) is 5.92 Å². The van der Waals surface area contributed by atoms with Gasteiger partial charge in [0.2, 0.25) is 0 Å². The molecule has 1 saturated heterocycles. The Morgan fingerprint density at radius 2 is 2.19 bits per heavy atom. The maximum absolute atomic E-state index is 12.3. The van der Waals surface area contributed by atoms with Gasteiger partial charge in [0.1, 0.15) is 0 Å². The minimum absolute atomic E-state index is 0.121. The van der Waals surface area contributed by atoms with Gasteiger partial charge in [-0.1, -0.05) is 24.3 Å². The molecule has 112 valence electrons. The average molecular weight is 306 g/mol. The van der Waals surface area contributed by atoms with Crippen LogP contribution in [0.4, 0.5) is 10.5 Å². The SMILES string of the molecule is [B]CCC[C@H]1CN(C(=O)Nc2ccc(Cl)cc2)C[C@]1(C)N. The van der Waals surface area contributed by atoms with Gasteiger partial charge in [0, 0.05) is 29.3 Å². The van der Waals surface area contributed by atoms with Gasteiger partial charge in [-0.2, -0.15) is 0 Å². The fourth-order valence-corrected chi connectivity index (χ4v) is 2.88. The van der Waals surface area contributed by atoms with E-state index in [2.05, 4.69) is 5.32 Å². The molecule has 2 rings (SSSR count). The third kappa shape index (κ3) is 4.14. The summed E-state index contributed by atoms with van der Waals surface area (Å²) >= 11 is 5.83. The van der Waals surface area contributed by atoms with Crippen LogP contribution in [-0.4, -0.2) is 37.4 Å². The Hall–Kier alpha value is -1.20. The molecule has 4 nitrogen and oxygen atoms in total. The Kier molecular flexibility index (Phi) is 5.17. The molecule has 3 N–H and O–H groups in total. The molecule has 1 aromatic rings. The molecular weight excluding hydrogens is 284 g/mol. The fraction of sp³-hybridized carbons (Fsp3) is 0.533. The molecular formula is C15H21BClN3O. The average Bonchev–Trinajstić information content (AvgIpc) is 2.74. The summed E-state index contributed by atoms with van der Waals surface area (Å²) in [5.41, 5.74) is 6.70. The quantitative estimate of drug-likeness (QED) is 0.840. The van der Waals surface area contributed by atoms with E-state index in [4.69, 9.17) is 25.2 Å². The summed E-state index contributed by atoms with van der Waals surface area (Å²) in [6, 6.07) is 6.94. The van der Waals surface area contributed by atoms with Gasteiger partial charge in [0.25, 0.3) is 0 Å². The number of halogens is 1. The van der Waals surface area contributed by atoms with Crippen molar-refractivity contribution in [1.82, 2.24) is 4.90 Å². The first-order valence-electron chi connectivity index (χ1n) is 7.23. The van der Waals surface area contributed by atoms with Gasteiger partial charge in [0.15, 0.2) is 0 Å². The Balaban J connectivity index is 1.96. The number of rotatable bonds is 4. The Morgan fingerprint density at radius 3 is 2.81 bits per heavy atom. The van der Waals surface area contributed by atoms with E-state index in [9.17, 15) is 4.79 Å². The van der Waals surface area contributed by atoms with E-state index in [1.807, 2.05) is 6.92 Å². The standard InChI is InChI=1S/C15H21BClN3O/c1-15(18)10-20(9-11(15)3-2-8-16)14(21)19-13-6-4-12(17)5-7-13/h4-7,11H,2-3,8-10,18H2,1H3,(H,19,21)/t11-,15-/m0/s1. The van der Waals surface area contributed by atoms with E-state index in [-0.39, 0.29) is 17.5 Å². The minimum atomic E-state index is -0.355. The number of nitrogens with one attached hydrogen (secondary N) is 1. The zero-order valence-corrected chi connectivity index (χ0v) is 13.1. The maximum atomic E-state index is 12.3. The minimum Gasteiger partial charge on any atom is -0.324 e. The molecule has 1 aliphatic heterocycles. The van der Waals surface area contributed by atoms with Crippen LogP contribution in [0.15, 0.2) is 24.3 Å². The number of amides is 2. The molecule has 0 saturated carbocycles. The summed E-state index contributed by atoms with van der Waals surface area (Å²) in [5.74, 6) is 0.289. The van der Waals surface area contributed by atoms with Gasteiger partial charge in [-0.15, -0.1) is 0 Å². The molecule has 1 heterocycles. The van der Waals surface area contributed by atoms with Crippen molar-refractivity contribution in [3.8, 4) is 0 Å². The number of likely N-dealkylation sites (tertiary alicyclic amines) is 1. The highest BCUT2D eigenvalue weighted by Gasteiger charge is 2.41.